The molecule has 1 aliphatic heterocycles. The third kappa shape index (κ3) is 12.2. The molecule has 16 heteroatoms. The highest BCUT2D eigenvalue weighted by atomic mass is 31.2. The molecule has 3 aromatic carbocycles. The molecule has 4 aromatic rings. The first-order valence-electron chi connectivity index (χ1n) is 22.3. The SMILES string of the molecule is COc1ccc(C(OC[C@H]2O[C@@H](c3cn(CCN(C)C)c(=O)[nH]c3=O)[C@H](O[Si](C)(C)C(C)(C)C)[C@@H]2OP(OCCC#N)N(C(C)C)C(C)C)(c2ccccc2)c2ccc(OC)cc2)cc1. The smallest absolute Gasteiger partial charge is 0.328 e. The van der Waals surface area contributed by atoms with Crippen LogP contribution in [0.1, 0.15) is 83.2 Å². The lowest BCUT2D eigenvalue weighted by Gasteiger charge is -2.42. The van der Waals surface area contributed by atoms with E-state index in [1.54, 1.807) is 20.4 Å². The molecule has 14 nitrogen and oxygen atoms in total. The van der Waals surface area contributed by atoms with Crippen LogP contribution in [0.5, 0.6) is 11.5 Å². The molecule has 1 aromatic heterocycles. The minimum Gasteiger partial charge on any atom is -0.497 e. The summed E-state index contributed by atoms with van der Waals surface area (Å²) in [5.74, 6) is 1.38. The largest absolute Gasteiger partial charge is 0.497 e. The molecule has 1 N–H and O–H groups in total. The van der Waals surface area contributed by atoms with E-state index in [2.05, 4.69) is 77.3 Å². The zero-order valence-electron chi connectivity index (χ0n) is 40.5. The van der Waals surface area contributed by atoms with E-state index in [0.717, 1.165) is 16.7 Å². The van der Waals surface area contributed by atoms with E-state index >= 15 is 0 Å². The van der Waals surface area contributed by atoms with Gasteiger partial charge in [0.25, 0.3) is 14.1 Å². The molecule has 0 bridgehead atoms. The van der Waals surface area contributed by atoms with Gasteiger partial charge in [-0.25, -0.2) is 9.46 Å². The zero-order chi connectivity index (χ0) is 47.7. The minimum absolute atomic E-state index is 0.00486. The normalized spacial score (nSPS) is 18.7. The average molecular weight is 932 g/mol. The predicted molar refractivity (Wildman–Crippen MR) is 258 cm³/mol. The molecular weight excluding hydrogens is 862 g/mol. The van der Waals surface area contributed by atoms with Crippen molar-refractivity contribution in [3.05, 3.63) is 128 Å². The number of hydrogen-bond donors (Lipinski definition) is 1. The van der Waals surface area contributed by atoms with Crippen LogP contribution in [0, 0.1) is 11.3 Å². The lowest BCUT2D eigenvalue weighted by Crippen LogP contribution is -2.50. The number of nitrogens with zero attached hydrogens (tertiary/aromatic N) is 4. The van der Waals surface area contributed by atoms with E-state index in [9.17, 15) is 14.9 Å². The Kier molecular flexibility index (Phi) is 17.9. The summed E-state index contributed by atoms with van der Waals surface area (Å²) in [5.41, 5.74) is 0.448. The third-order valence-corrected chi connectivity index (χ3v) is 18.8. The monoisotopic (exact) mass is 931 g/mol. The van der Waals surface area contributed by atoms with Crippen molar-refractivity contribution in [1.29, 1.82) is 5.26 Å². The number of methoxy groups -OCH3 is 2. The standard InChI is InChI=1S/C49H70N5O9PSi/c1-34(2)54(35(3)4)64(60-31-17-28-50)62-44-42(61-43(45(44)63-65(12,13)48(5,6)7)41-32-53(30-29-52(8)9)47(56)51-46(41)55)33-59-49(36-18-15-14-16-19-36,37-20-24-39(57-10)25-21-37)38-22-26-40(58-11)27-23-38/h14-16,18-27,32,34-35,42-45H,17,29-31,33H2,1-13H3,(H,51,55,56)/t42-,43+,44-,45+,64?/m1/s1. The van der Waals surface area contributed by atoms with Gasteiger partial charge in [-0.1, -0.05) is 75.4 Å². The maximum atomic E-state index is 14.1. The van der Waals surface area contributed by atoms with E-state index in [-0.39, 0.29) is 42.3 Å². The first kappa shape index (κ1) is 51.8. The molecule has 1 fully saturated rings. The fourth-order valence-corrected chi connectivity index (χ4v) is 10.8. The van der Waals surface area contributed by atoms with Gasteiger partial charge in [0.05, 0.1) is 45.5 Å². The average Bonchev–Trinajstić information content (AvgIpc) is 3.58. The highest BCUT2D eigenvalue weighted by molar-refractivity contribution is 7.44. The summed E-state index contributed by atoms with van der Waals surface area (Å²) in [6, 6.07) is 27.8. The van der Waals surface area contributed by atoms with Crippen LogP contribution >= 0.6 is 8.53 Å². The number of hydrogen-bond acceptors (Lipinski definition) is 12. The van der Waals surface area contributed by atoms with Crippen molar-refractivity contribution >= 4 is 16.8 Å². The first-order chi connectivity index (χ1) is 30.8. The maximum Gasteiger partial charge on any atom is 0.328 e. The van der Waals surface area contributed by atoms with E-state index in [4.69, 9.17) is 32.4 Å². The Labute approximate surface area is 387 Å². The van der Waals surface area contributed by atoms with Crippen LogP contribution in [0.4, 0.5) is 0 Å². The molecule has 0 saturated carbocycles. The second-order valence-electron chi connectivity index (χ2n) is 18.7. The summed E-state index contributed by atoms with van der Waals surface area (Å²) < 4.78 is 50.8. The lowest BCUT2D eigenvalue weighted by molar-refractivity contribution is -0.0809. The predicted octanol–water partition coefficient (Wildman–Crippen LogP) is 8.62. The number of likely N-dealkylation sites (N-methyl/N-ethyl adjacent to an activating group) is 1. The number of nitrogens with one attached hydrogen (secondary N) is 1. The Balaban J connectivity index is 1.77. The maximum absolute atomic E-state index is 14.1. The number of rotatable bonds is 22. The van der Waals surface area contributed by atoms with Gasteiger partial charge in [-0.3, -0.25) is 14.3 Å². The van der Waals surface area contributed by atoms with Gasteiger partial charge in [0, 0.05) is 31.4 Å². The number of aromatic amines is 1. The zero-order valence-corrected chi connectivity index (χ0v) is 42.4. The quantitative estimate of drug-likeness (QED) is 0.0348. The molecule has 354 valence electrons. The molecule has 0 spiro atoms. The van der Waals surface area contributed by atoms with E-state index < -0.39 is 58.1 Å². The molecular formula is C49H70N5O9PSi. The molecule has 0 aliphatic carbocycles. The van der Waals surface area contributed by atoms with Gasteiger partial charge >= 0.3 is 5.69 Å². The van der Waals surface area contributed by atoms with Crippen LogP contribution < -0.4 is 20.7 Å². The summed E-state index contributed by atoms with van der Waals surface area (Å²) in [5, 5.41) is 9.33. The number of benzene rings is 3. The Bertz CT molecular complexity index is 2220. The molecule has 0 amide bonds. The van der Waals surface area contributed by atoms with Gasteiger partial charge in [-0.05, 0) is 101 Å². The minimum atomic E-state index is -2.68. The second kappa shape index (κ2) is 22.5. The van der Waals surface area contributed by atoms with Crippen molar-refractivity contribution in [2.24, 2.45) is 0 Å². The Morgan fingerprint density at radius 1 is 0.862 bits per heavy atom. The molecule has 1 unspecified atom stereocenters. The van der Waals surface area contributed by atoms with Gasteiger partial charge < -0.3 is 37.3 Å². The molecule has 1 saturated heterocycles. The Morgan fingerprint density at radius 2 is 1.42 bits per heavy atom. The van der Waals surface area contributed by atoms with Crippen molar-refractivity contribution in [2.75, 3.05) is 48.1 Å². The van der Waals surface area contributed by atoms with Crippen LogP contribution in [0.2, 0.25) is 18.1 Å². The van der Waals surface area contributed by atoms with Crippen molar-refractivity contribution in [3.8, 4) is 17.6 Å². The van der Waals surface area contributed by atoms with Crippen molar-refractivity contribution in [2.45, 2.75) is 122 Å². The van der Waals surface area contributed by atoms with E-state index in [1.165, 1.54) is 4.57 Å². The van der Waals surface area contributed by atoms with E-state index in [1.807, 2.05) is 97.9 Å². The number of ether oxygens (including phenoxy) is 4. The molecule has 5 rings (SSSR count). The molecule has 1 aliphatic rings. The van der Waals surface area contributed by atoms with Gasteiger partial charge in [-0.2, -0.15) is 5.26 Å². The summed E-state index contributed by atoms with van der Waals surface area (Å²) >= 11 is 0. The highest BCUT2D eigenvalue weighted by Crippen LogP contribution is 2.53. The lowest BCUT2D eigenvalue weighted by atomic mass is 9.80. The van der Waals surface area contributed by atoms with Crippen molar-refractivity contribution < 1.29 is 32.4 Å². The summed E-state index contributed by atoms with van der Waals surface area (Å²) in [6.07, 6.45) is -1.82. The fraction of sp³-hybridized carbons (Fsp3) is 0.531. The summed E-state index contributed by atoms with van der Waals surface area (Å²) in [7, 11) is 2.60. The highest BCUT2D eigenvalue weighted by Gasteiger charge is 2.54. The van der Waals surface area contributed by atoms with Crippen LogP contribution in [-0.2, 0) is 35.1 Å². The van der Waals surface area contributed by atoms with E-state index in [0.29, 0.717) is 24.6 Å². The summed E-state index contributed by atoms with van der Waals surface area (Å²) in [4.78, 5) is 32.0. The van der Waals surface area contributed by atoms with Crippen LogP contribution in [0.3, 0.4) is 0 Å². The molecule has 0 radical (unpaired) electrons. The topological polar surface area (TPSA) is 150 Å². The number of H-pyrrole nitrogens is 1. The third-order valence-electron chi connectivity index (χ3n) is 12.2. The molecule has 5 atom stereocenters. The van der Waals surface area contributed by atoms with Crippen LogP contribution in [-0.4, -0.2) is 106 Å². The number of nitriles is 1. The molecule has 2 heterocycles. The van der Waals surface area contributed by atoms with Gasteiger partial charge in [0.15, 0.2) is 8.32 Å². The van der Waals surface area contributed by atoms with Crippen LogP contribution in [0.15, 0.2) is 94.6 Å². The van der Waals surface area contributed by atoms with Crippen molar-refractivity contribution in [3.63, 3.8) is 0 Å². The van der Waals surface area contributed by atoms with Gasteiger partial charge in [0.1, 0.15) is 41.5 Å². The van der Waals surface area contributed by atoms with Gasteiger partial charge in [-0.15, -0.1) is 0 Å². The Hall–Kier alpha value is -4.20. The fourth-order valence-electron chi connectivity index (χ4n) is 7.77. The second-order valence-corrected chi connectivity index (χ2v) is 24.9. The van der Waals surface area contributed by atoms with Gasteiger partial charge in [0.2, 0.25) is 0 Å². The number of aromatic nitrogens is 2. The first-order valence-corrected chi connectivity index (χ1v) is 26.4. The summed E-state index contributed by atoms with van der Waals surface area (Å²) in [6.45, 7) is 20.1. The van der Waals surface area contributed by atoms with Crippen LogP contribution in [0.25, 0.3) is 0 Å². The molecule has 65 heavy (non-hydrogen) atoms. The van der Waals surface area contributed by atoms with Crippen molar-refractivity contribution in [1.82, 2.24) is 19.1 Å². The Morgan fingerprint density at radius 3 is 1.91 bits per heavy atom.